The first kappa shape index (κ1) is 11.0. The highest BCUT2D eigenvalue weighted by Crippen LogP contribution is 2.32. The number of hydrogen-bond donors (Lipinski definition) is 0. The van der Waals surface area contributed by atoms with Gasteiger partial charge in [0, 0.05) is 12.3 Å². The van der Waals surface area contributed by atoms with Crippen LogP contribution in [-0.2, 0) is 4.74 Å². The lowest BCUT2D eigenvalue weighted by Gasteiger charge is -2.15. The molecule has 2 rings (SSSR count). The molecule has 0 radical (unpaired) electrons. The van der Waals surface area contributed by atoms with Crippen molar-refractivity contribution >= 4 is 26.0 Å². The SMILES string of the molecule is CC(C)(C)OC(=O)[s+]1ccc2cncnc21. The third-order valence-corrected chi connectivity index (χ3v) is 3.47. The van der Waals surface area contributed by atoms with E-state index in [0.717, 1.165) is 10.2 Å². The van der Waals surface area contributed by atoms with E-state index in [9.17, 15) is 4.79 Å². The highest BCUT2D eigenvalue weighted by Gasteiger charge is 2.29. The van der Waals surface area contributed by atoms with Gasteiger partial charge in [0.05, 0.1) is 5.39 Å². The van der Waals surface area contributed by atoms with Crippen molar-refractivity contribution in [3.8, 4) is 0 Å². The van der Waals surface area contributed by atoms with Crippen LogP contribution in [0, 0.1) is 0 Å². The lowest BCUT2D eigenvalue weighted by molar-refractivity contribution is 0.0730. The van der Waals surface area contributed by atoms with Crippen LogP contribution >= 0.6 is 10.5 Å². The topological polar surface area (TPSA) is 52.1 Å². The number of rotatable bonds is 1. The van der Waals surface area contributed by atoms with Crippen LogP contribution in [-0.4, -0.2) is 20.9 Å². The van der Waals surface area contributed by atoms with Crippen molar-refractivity contribution in [2.24, 2.45) is 0 Å². The molecule has 2 aromatic rings. The molecule has 4 nitrogen and oxygen atoms in total. The van der Waals surface area contributed by atoms with E-state index < -0.39 is 16.1 Å². The van der Waals surface area contributed by atoms with Gasteiger partial charge in [-0.2, -0.15) is 9.78 Å². The number of ether oxygens (including phenoxy) is 1. The van der Waals surface area contributed by atoms with Gasteiger partial charge in [-0.25, -0.2) is 4.98 Å². The molecule has 0 spiro atoms. The second-order valence-electron chi connectivity index (χ2n) is 4.39. The van der Waals surface area contributed by atoms with Crippen LogP contribution in [0.15, 0.2) is 24.0 Å². The Bertz CT molecular complexity index is 528. The predicted octanol–water partition coefficient (Wildman–Crippen LogP) is 3.16. The molecule has 2 aromatic heterocycles. The smallest absolute Gasteiger partial charge is 0.416 e. The third-order valence-electron chi connectivity index (χ3n) is 1.86. The van der Waals surface area contributed by atoms with Crippen molar-refractivity contribution in [3.05, 3.63) is 24.0 Å². The Morgan fingerprint density at radius 1 is 1.44 bits per heavy atom. The molecule has 0 fully saturated rings. The predicted molar refractivity (Wildman–Crippen MR) is 63.6 cm³/mol. The summed E-state index contributed by atoms with van der Waals surface area (Å²) in [5, 5.41) is 2.49. The van der Waals surface area contributed by atoms with Gasteiger partial charge < -0.3 is 4.74 Å². The van der Waals surface area contributed by atoms with Crippen LogP contribution in [0.2, 0.25) is 0 Å². The zero-order valence-electron chi connectivity index (χ0n) is 9.43. The van der Waals surface area contributed by atoms with Crippen LogP contribution in [0.5, 0.6) is 0 Å². The second-order valence-corrected chi connectivity index (χ2v) is 6.06. The molecule has 0 aromatic carbocycles. The number of carbonyl (C=O) groups excluding carboxylic acids is 1. The highest BCUT2D eigenvalue weighted by molar-refractivity contribution is 7.54. The molecule has 2 heterocycles. The fourth-order valence-corrected chi connectivity index (χ4v) is 2.82. The largest absolute Gasteiger partial charge is 0.557 e. The molecule has 0 aliphatic rings. The number of thiophene rings is 1. The molecule has 84 valence electrons. The van der Waals surface area contributed by atoms with Crippen LogP contribution in [0.25, 0.3) is 10.2 Å². The van der Waals surface area contributed by atoms with Crippen molar-refractivity contribution < 1.29 is 9.53 Å². The summed E-state index contributed by atoms with van der Waals surface area (Å²) in [6.07, 6.45) is 3.16. The monoisotopic (exact) mass is 237 g/mol. The standard InChI is InChI=1S/C11H13N2O2S/c1-11(2,3)15-10(14)16-5-4-8-6-12-7-13-9(8)16/h4-7H,1-3H3/q+1. The molecule has 1 unspecified atom stereocenters. The molecule has 0 N–H and O–H groups in total. The highest BCUT2D eigenvalue weighted by atomic mass is 32.2. The molecule has 0 saturated heterocycles. The number of aromatic nitrogens is 2. The minimum Gasteiger partial charge on any atom is -0.416 e. The van der Waals surface area contributed by atoms with Gasteiger partial charge >= 0.3 is 5.30 Å². The second kappa shape index (κ2) is 3.83. The molecule has 16 heavy (non-hydrogen) atoms. The molecular weight excluding hydrogens is 224 g/mol. The lowest BCUT2D eigenvalue weighted by atomic mass is 10.2. The zero-order chi connectivity index (χ0) is 11.8. The Kier molecular flexibility index (Phi) is 2.63. The average molecular weight is 237 g/mol. The minimum absolute atomic E-state index is 0.235. The van der Waals surface area contributed by atoms with E-state index in [4.69, 9.17) is 4.74 Å². The number of nitrogens with zero attached hydrogens (tertiary/aromatic N) is 2. The Morgan fingerprint density at radius 2 is 2.19 bits per heavy atom. The fraction of sp³-hybridized carbons (Fsp3) is 0.364. The van der Waals surface area contributed by atoms with E-state index >= 15 is 0 Å². The molecule has 0 aliphatic heterocycles. The average Bonchev–Trinajstić information content (AvgIpc) is 2.58. The van der Waals surface area contributed by atoms with Gasteiger partial charge in [-0.15, -0.1) is 0 Å². The molecule has 0 aliphatic carbocycles. The van der Waals surface area contributed by atoms with E-state index in [0.29, 0.717) is 0 Å². The molecule has 0 bridgehead atoms. The Labute approximate surface area is 96.3 Å². The Morgan fingerprint density at radius 3 is 2.88 bits per heavy atom. The molecule has 0 amide bonds. The summed E-state index contributed by atoms with van der Waals surface area (Å²) in [5.41, 5.74) is -0.465. The summed E-state index contributed by atoms with van der Waals surface area (Å²) < 4.78 is 5.34. The maximum atomic E-state index is 11.9. The van der Waals surface area contributed by atoms with Crippen molar-refractivity contribution in [2.75, 3.05) is 0 Å². The fourth-order valence-electron chi connectivity index (χ4n) is 1.26. The summed E-state index contributed by atoms with van der Waals surface area (Å²) in [5.74, 6) is 0. The number of hydrogen-bond acceptors (Lipinski definition) is 4. The first-order chi connectivity index (χ1) is 7.47. The summed E-state index contributed by atoms with van der Waals surface area (Å²) in [7, 11) is -0.686. The Hall–Kier alpha value is -1.49. The van der Waals surface area contributed by atoms with Crippen LogP contribution < -0.4 is 0 Å². The van der Waals surface area contributed by atoms with Crippen molar-refractivity contribution in [1.82, 2.24) is 9.97 Å². The maximum Gasteiger partial charge on any atom is 0.557 e. The van der Waals surface area contributed by atoms with Gasteiger partial charge in [0.2, 0.25) is 0 Å². The van der Waals surface area contributed by atoms with E-state index in [1.807, 2.05) is 32.2 Å². The van der Waals surface area contributed by atoms with Crippen molar-refractivity contribution in [1.29, 1.82) is 0 Å². The summed E-state index contributed by atoms with van der Waals surface area (Å²) in [6.45, 7) is 5.57. The quantitative estimate of drug-likeness (QED) is 0.564. The van der Waals surface area contributed by atoms with E-state index in [1.165, 1.54) is 6.33 Å². The van der Waals surface area contributed by atoms with Gasteiger partial charge in [0.25, 0.3) is 4.83 Å². The Balaban J connectivity index is 2.37. The lowest BCUT2D eigenvalue weighted by Crippen LogP contribution is -2.21. The summed E-state index contributed by atoms with van der Waals surface area (Å²) in [6, 6.07) is 1.86. The van der Waals surface area contributed by atoms with Gasteiger partial charge in [-0.05, 0) is 20.8 Å². The maximum absolute atomic E-state index is 11.9. The first-order valence-corrected chi connectivity index (χ1v) is 6.20. The van der Waals surface area contributed by atoms with Gasteiger partial charge in [0.1, 0.15) is 22.4 Å². The van der Waals surface area contributed by atoms with Crippen LogP contribution in [0.1, 0.15) is 20.8 Å². The number of carbonyl (C=O) groups is 1. The van der Waals surface area contributed by atoms with Crippen LogP contribution in [0.4, 0.5) is 4.79 Å². The number of fused-ring (bicyclic) bond motifs is 1. The summed E-state index contributed by atoms with van der Waals surface area (Å²) in [4.78, 5) is 20.7. The van der Waals surface area contributed by atoms with E-state index in [2.05, 4.69) is 9.97 Å². The van der Waals surface area contributed by atoms with E-state index in [-0.39, 0.29) is 5.30 Å². The van der Waals surface area contributed by atoms with Gasteiger partial charge in [-0.1, -0.05) is 0 Å². The van der Waals surface area contributed by atoms with E-state index in [1.54, 1.807) is 6.20 Å². The van der Waals surface area contributed by atoms with Gasteiger partial charge in [-0.3, -0.25) is 0 Å². The van der Waals surface area contributed by atoms with Crippen molar-refractivity contribution in [2.45, 2.75) is 26.4 Å². The normalized spacial score (nSPS) is 12.8. The molecule has 1 atom stereocenters. The first-order valence-electron chi connectivity index (χ1n) is 4.92. The molecule has 0 saturated carbocycles. The minimum atomic E-state index is -0.686. The van der Waals surface area contributed by atoms with Gasteiger partial charge in [0.15, 0.2) is 5.38 Å². The zero-order valence-corrected chi connectivity index (χ0v) is 10.2. The van der Waals surface area contributed by atoms with Crippen molar-refractivity contribution in [3.63, 3.8) is 0 Å². The van der Waals surface area contributed by atoms with Crippen LogP contribution in [0.3, 0.4) is 0 Å². The third kappa shape index (κ3) is 2.19. The molecule has 5 heteroatoms. The summed E-state index contributed by atoms with van der Waals surface area (Å²) >= 11 is 0. The molecular formula is C11H13N2O2S+.